The Balaban J connectivity index is 2.96. The van der Waals surface area contributed by atoms with Gasteiger partial charge in [-0.2, -0.15) is 0 Å². The van der Waals surface area contributed by atoms with Crippen molar-refractivity contribution >= 4 is 11.6 Å². The maximum atomic E-state index is 9.78. The Hall–Kier alpha value is -1.46. The van der Waals surface area contributed by atoms with E-state index in [-0.39, 0.29) is 17.3 Å². The summed E-state index contributed by atoms with van der Waals surface area (Å²) < 4.78 is 0. The molecule has 0 saturated carbocycles. The Morgan fingerprint density at radius 1 is 1.47 bits per heavy atom. The number of rotatable bonds is 4. The highest BCUT2D eigenvalue weighted by Gasteiger charge is 2.19. The third-order valence-corrected chi connectivity index (χ3v) is 2.60. The van der Waals surface area contributed by atoms with Gasteiger partial charge in [-0.15, -0.1) is 0 Å². The zero-order chi connectivity index (χ0) is 13.0. The van der Waals surface area contributed by atoms with Crippen LogP contribution in [0.4, 0.5) is 0 Å². The predicted octanol–water partition coefficient (Wildman–Crippen LogP) is 2.06. The molecule has 0 saturated heterocycles. The molecule has 0 aliphatic carbocycles. The van der Waals surface area contributed by atoms with E-state index in [2.05, 4.69) is 10.0 Å². The number of phenolic OH excluding ortho intramolecular Hbond substituents is 1. The molecule has 1 aromatic carbocycles. The summed E-state index contributed by atoms with van der Waals surface area (Å²) in [4.78, 5) is 2.49. The number of aromatic hydroxyl groups is 1. The quantitative estimate of drug-likeness (QED) is 0.436. The molecule has 2 atom stereocenters. The number of hydrogen-bond acceptors (Lipinski definition) is 4. The molecule has 3 N–H and O–H groups in total. The van der Waals surface area contributed by atoms with Crippen molar-refractivity contribution in [2.75, 3.05) is 6.54 Å². The molecule has 0 bridgehead atoms. The lowest BCUT2D eigenvalue weighted by atomic mass is 10.0. The van der Waals surface area contributed by atoms with Crippen LogP contribution in [0, 0.1) is 6.92 Å². The molecule has 0 spiro atoms. The second kappa shape index (κ2) is 5.75. The summed E-state index contributed by atoms with van der Waals surface area (Å²) in [5.41, 5.74) is 8.94. The molecular weight excluding hydrogens is 246 g/mol. The van der Waals surface area contributed by atoms with Crippen LogP contribution in [-0.4, -0.2) is 28.0 Å². The van der Waals surface area contributed by atoms with Crippen LogP contribution in [0.2, 0.25) is 5.02 Å². The number of aliphatic hydroxyl groups excluding tert-OH is 2. The van der Waals surface area contributed by atoms with Crippen molar-refractivity contribution in [1.29, 1.82) is 0 Å². The van der Waals surface area contributed by atoms with Gasteiger partial charge in [-0.3, -0.25) is 0 Å². The maximum absolute atomic E-state index is 9.78. The lowest BCUT2D eigenvalue weighted by molar-refractivity contribution is 0.0243. The second-order valence-corrected chi connectivity index (χ2v) is 4.00. The second-order valence-electron chi connectivity index (χ2n) is 3.59. The van der Waals surface area contributed by atoms with Crippen molar-refractivity contribution in [1.82, 2.24) is 0 Å². The number of halogens is 1. The van der Waals surface area contributed by atoms with E-state index >= 15 is 0 Å². The first-order valence-corrected chi connectivity index (χ1v) is 5.21. The molecule has 7 heteroatoms. The maximum Gasteiger partial charge on any atom is 0.137 e. The molecule has 1 aromatic rings. The van der Waals surface area contributed by atoms with Crippen LogP contribution in [0.25, 0.3) is 10.4 Å². The van der Waals surface area contributed by atoms with Crippen molar-refractivity contribution in [3.63, 3.8) is 0 Å². The summed E-state index contributed by atoms with van der Waals surface area (Å²) in [6, 6.07) is 2.86. The highest BCUT2D eigenvalue weighted by Crippen LogP contribution is 2.31. The van der Waals surface area contributed by atoms with Crippen molar-refractivity contribution < 1.29 is 15.3 Å². The summed E-state index contributed by atoms with van der Waals surface area (Å²) >= 11 is 5.75. The van der Waals surface area contributed by atoms with E-state index in [0.29, 0.717) is 11.1 Å². The molecule has 0 aromatic heterocycles. The van der Waals surface area contributed by atoms with Crippen LogP contribution >= 0.6 is 11.6 Å². The molecule has 17 heavy (non-hydrogen) atoms. The largest absolute Gasteiger partial charge is 0.506 e. The zero-order valence-electron chi connectivity index (χ0n) is 9.08. The minimum atomic E-state index is -1.22. The minimum Gasteiger partial charge on any atom is -0.506 e. The third kappa shape index (κ3) is 3.25. The molecule has 0 radical (unpaired) electrons. The van der Waals surface area contributed by atoms with E-state index in [1.165, 1.54) is 12.1 Å². The highest BCUT2D eigenvalue weighted by molar-refractivity contribution is 6.32. The van der Waals surface area contributed by atoms with Crippen LogP contribution in [0.3, 0.4) is 0 Å². The molecule has 0 aliphatic heterocycles. The van der Waals surface area contributed by atoms with Gasteiger partial charge in [-0.25, -0.2) is 0 Å². The van der Waals surface area contributed by atoms with E-state index in [0.717, 1.165) is 0 Å². The fraction of sp³-hybridized carbons (Fsp3) is 0.400. The van der Waals surface area contributed by atoms with Gasteiger partial charge in [0.25, 0.3) is 0 Å². The molecule has 1 rings (SSSR count). The fourth-order valence-electron chi connectivity index (χ4n) is 1.38. The normalized spacial score (nSPS) is 13.9. The van der Waals surface area contributed by atoms with E-state index < -0.39 is 12.2 Å². The number of azide groups is 1. The van der Waals surface area contributed by atoms with Crippen molar-refractivity contribution in [2.24, 2.45) is 5.11 Å². The number of aliphatic hydroxyl groups is 2. The van der Waals surface area contributed by atoms with Gasteiger partial charge in [0.1, 0.15) is 11.9 Å². The van der Waals surface area contributed by atoms with E-state index in [4.69, 9.17) is 17.1 Å². The first kappa shape index (κ1) is 13.6. The minimum absolute atomic E-state index is 0.0628. The lowest BCUT2D eigenvalue weighted by Gasteiger charge is -2.17. The molecular formula is C10H12ClN3O3. The molecule has 6 nitrogen and oxygen atoms in total. The number of phenols is 1. The summed E-state index contributed by atoms with van der Waals surface area (Å²) in [5.74, 6) is -0.0628. The van der Waals surface area contributed by atoms with Crippen molar-refractivity contribution in [3.05, 3.63) is 38.7 Å². The number of hydrogen-bond donors (Lipinski definition) is 3. The van der Waals surface area contributed by atoms with Gasteiger partial charge in [0.05, 0.1) is 17.7 Å². The van der Waals surface area contributed by atoms with E-state index in [9.17, 15) is 15.3 Å². The summed E-state index contributed by atoms with van der Waals surface area (Å²) in [6.07, 6.45) is -2.44. The molecule has 2 unspecified atom stereocenters. The topological polar surface area (TPSA) is 109 Å². The van der Waals surface area contributed by atoms with Gasteiger partial charge in [0.2, 0.25) is 0 Å². The fourth-order valence-corrected chi connectivity index (χ4v) is 1.65. The number of nitrogens with zero attached hydrogens (tertiary/aromatic N) is 3. The smallest absolute Gasteiger partial charge is 0.137 e. The van der Waals surface area contributed by atoms with Gasteiger partial charge in [0.15, 0.2) is 0 Å². The van der Waals surface area contributed by atoms with Crippen LogP contribution in [0.5, 0.6) is 5.75 Å². The molecule has 0 aliphatic rings. The monoisotopic (exact) mass is 257 g/mol. The third-order valence-electron chi connectivity index (χ3n) is 2.31. The average molecular weight is 258 g/mol. The first-order valence-electron chi connectivity index (χ1n) is 4.83. The number of aryl methyl sites for hydroxylation is 1. The average Bonchev–Trinajstić information content (AvgIpc) is 2.31. The first-order chi connectivity index (χ1) is 7.97. The van der Waals surface area contributed by atoms with Crippen LogP contribution in [-0.2, 0) is 0 Å². The Labute approximate surface area is 103 Å². The van der Waals surface area contributed by atoms with Gasteiger partial charge in [-0.05, 0) is 35.7 Å². The van der Waals surface area contributed by atoms with E-state index in [1.54, 1.807) is 6.92 Å². The molecule has 92 valence electrons. The van der Waals surface area contributed by atoms with Crippen LogP contribution in [0.1, 0.15) is 17.2 Å². The standard InChI is InChI=1S/C10H12ClN3O3/c1-5-2-6(3-7(11)9(5)16)10(17)8(15)4-13-14-12/h2-3,8,10,15-17H,4H2,1H3. The summed E-state index contributed by atoms with van der Waals surface area (Å²) in [6.45, 7) is 1.38. The van der Waals surface area contributed by atoms with Gasteiger partial charge in [-0.1, -0.05) is 16.7 Å². The highest BCUT2D eigenvalue weighted by atomic mass is 35.5. The van der Waals surface area contributed by atoms with Crippen molar-refractivity contribution in [3.8, 4) is 5.75 Å². The Kier molecular flexibility index (Phi) is 4.60. The van der Waals surface area contributed by atoms with Gasteiger partial charge < -0.3 is 15.3 Å². The Bertz CT molecular complexity index is 437. The van der Waals surface area contributed by atoms with Crippen LogP contribution in [0.15, 0.2) is 17.2 Å². The lowest BCUT2D eigenvalue weighted by Crippen LogP contribution is -2.21. The molecule has 0 heterocycles. The van der Waals surface area contributed by atoms with Gasteiger partial charge >= 0.3 is 0 Å². The molecule has 0 fully saturated rings. The number of benzene rings is 1. The van der Waals surface area contributed by atoms with E-state index in [1.807, 2.05) is 0 Å². The zero-order valence-corrected chi connectivity index (χ0v) is 9.83. The summed E-state index contributed by atoms with van der Waals surface area (Å²) in [5, 5.41) is 32.0. The predicted molar refractivity (Wildman–Crippen MR) is 62.8 cm³/mol. The van der Waals surface area contributed by atoms with Crippen LogP contribution < -0.4 is 0 Å². The van der Waals surface area contributed by atoms with Gasteiger partial charge in [0, 0.05) is 4.91 Å². The summed E-state index contributed by atoms with van der Waals surface area (Å²) in [7, 11) is 0. The Morgan fingerprint density at radius 2 is 2.12 bits per heavy atom. The molecule has 0 amide bonds. The Morgan fingerprint density at radius 3 is 2.65 bits per heavy atom. The van der Waals surface area contributed by atoms with Crippen molar-refractivity contribution in [2.45, 2.75) is 19.1 Å². The SMILES string of the molecule is Cc1cc(C(O)C(O)CN=[N+]=[N-])cc(Cl)c1O.